The number of carbonyl (C=O) groups is 1. The zero-order valence-corrected chi connectivity index (χ0v) is 12.6. The zero-order chi connectivity index (χ0) is 16.8. The molecule has 0 spiro atoms. The Morgan fingerprint density at radius 1 is 1.22 bits per heavy atom. The van der Waals surface area contributed by atoms with Gasteiger partial charge in [-0.1, -0.05) is 29.4 Å². The van der Waals surface area contributed by atoms with E-state index in [1.165, 1.54) is 36.0 Å². The van der Waals surface area contributed by atoms with Gasteiger partial charge < -0.3 is 10.3 Å². The molecule has 0 unspecified atom stereocenters. The summed E-state index contributed by atoms with van der Waals surface area (Å²) in [6, 6.07) is 12.2. The van der Waals surface area contributed by atoms with Gasteiger partial charge in [0.2, 0.25) is 0 Å². The lowest BCUT2D eigenvalue weighted by Crippen LogP contribution is -2.06. The van der Waals surface area contributed by atoms with Crippen LogP contribution in [0.1, 0.15) is 15.9 Å². The SMILES string of the molecule is O=C(O)c1ccccc1SC/C(=N/O)c1cccc([N+](=O)[O-])c1. The van der Waals surface area contributed by atoms with Crippen LogP contribution in [0.25, 0.3) is 0 Å². The maximum Gasteiger partial charge on any atom is 0.336 e. The molecule has 2 N–H and O–H groups in total. The van der Waals surface area contributed by atoms with Crippen LogP contribution in [0.15, 0.2) is 58.6 Å². The molecular weight excluding hydrogens is 320 g/mol. The molecule has 0 saturated carbocycles. The third kappa shape index (κ3) is 4.07. The Balaban J connectivity index is 2.20. The summed E-state index contributed by atoms with van der Waals surface area (Å²) in [5.41, 5.74) is 0.661. The van der Waals surface area contributed by atoms with E-state index >= 15 is 0 Å². The molecule has 0 fully saturated rings. The van der Waals surface area contributed by atoms with Crippen molar-refractivity contribution in [3.8, 4) is 0 Å². The largest absolute Gasteiger partial charge is 0.478 e. The quantitative estimate of drug-likeness (QED) is 0.276. The molecule has 0 aliphatic heterocycles. The first kappa shape index (κ1) is 16.5. The molecule has 0 aromatic heterocycles. The number of nitrogens with zero attached hydrogens (tertiary/aromatic N) is 2. The molecule has 0 radical (unpaired) electrons. The Morgan fingerprint density at radius 3 is 2.61 bits per heavy atom. The number of thioether (sulfide) groups is 1. The second-order valence-corrected chi connectivity index (χ2v) is 5.46. The first-order valence-electron chi connectivity index (χ1n) is 6.44. The molecule has 0 atom stereocenters. The summed E-state index contributed by atoms with van der Waals surface area (Å²) < 4.78 is 0. The average Bonchev–Trinajstić information content (AvgIpc) is 2.56. The highest BCUT2D eigenvalue weighted by atomic mass is 32.2. The molecule has 118 valence electrons. The highest BCUT2D eigenvalue weighted by molar-refractivity contribution is 8.00. The van der Waals surface area contributed by atoms with Crippen molar-refractivity contribution >= 4 is 29.1 Å². The van der Waals surface area contributed by atoms with Crippen molar-refractivity contribution < 1.29 is 20.0 Å². The van der Waals surface area contributed by atoms with Crippen molar-refractivity contribution in [2.24, 2.45) is 5.16 Å². The summed E-state index contributed by atoms with van der Waals surface area (Å²) in [4.78, 5) is 21.9. The van der Waals surface area contributed by atoms with Gasteiger partial charge in [0.15, 0.2) is 0 Å². The molecule has 7 nitrogen and oxygen atoms in total. The Labute approximate surface area is 135 Å². The number of hydrogen-bond acceptors (Lipinski definition) is 6. The fourth-order valence-corrected chi connectivity index (χ4v) is 2.89. The summed E-state index contributed by atoms with van der Waals surface area (Å²) in [5.74, 6) is -0.881. The standard InChI is InChI=1S/C15H12N2O5S/c18-15(19)12-6-1-2-7-14(12)23-9-13(16-20)10-4-3-5-11(8-10)17(21)22/h1-8,20H,9H2,(H,18,19)/b16-13-. The topological polar surface area (TPSA) is 113 Å². The van der Waals surface area contributed by atoms with Crippen LogP contribution >= 0.6 is 11.8 Å². The smallest absolute Gasteiger partial charge is 0.336 e. The van der Waals surface area contributed by atoms with E-state index in [0.717, 1.165) is 0 Å². The predicted molar refractivity (Wildman–Crippen MR) is 85.5 cm³/mol. The normalized spacial score (nSPS) is 11.2. The second-order valence-electron chi connectivity index (χ2n) is 4.44. The summed E-state index contributed by atoms with van der Waals surface area (Å²) in [6.45, 7) is 0. The first-order valence-corrected chi connectivity index (χ1v) is 7.42. The zero-order valence-electron chi connectivity index (χ0n) is 11.7. The third-order valence-electron chi connectivity index (χ3n) is 2.99. The lowest BCUT2D eigenvalue weighted by molar-refractivity contribution is -0.384. The minimum atomic E-state index is -1.05. The Morgan fingerprint density at radius 2 is 1.96 bits per heavy atom. The van der Waals surface area contributed by atoms with E-state index in [1.807, 2.05) is 0 Å². The number of hydrogen-bond donors (Lipinski definition) is 2. The third-order valence-corrected chi connectivity index (χ3v) is 4.08. The number of carboxylic acids is 1. The van der Waals surface area contributed by atoms with Crippen LogP contribution in [-0.4, -0.2) is 32.7 Å². The fourth-order valence-electron chi connectivity index (χ4n) is 1.88. The first-order chi connectivity index (χ1) is 11.0. The molecule has 0 saturated heterocycles. The van der Waals surface area contributed by atoms with Crippen molar-refractivity contribution in [1.82, 2.24) is 0 Å². The summed E-state index contributed by atoms with van der Waals surface area (Å²) in [5, 5.41) is 32.3. The van der Waals surface area contributed by atoms with E-state index in [2.05, 4.69) is 5.16 Å². The van der Waals surface area contributed by atoms with Crippen LogP contribution in [0, 0.1) is 10.1 Å². The monoisotopic (exact) mass is 332 g/mol. The van der Waals surface area contributed by atoms with Gasteiger partial charge in [0.05, 0.1) is 16.2 Å². The molecule has 2 aromatic carbocycles. The van der Waals surface area contributed by atoms with E-state index in [9.17, 15) is 14.9 Å². The van der Waals surface area contributed by atoms with Gasteiger partial charge in [0, 0.05) is 28.3 Å². The van der Waals surface area contributed by atoms with Crippen LogP contribution in [0.4, 0.5) is 5.69 Å². The molecule has 2 aromatic rings. The fraction of sp³-hybridized carbons (Fsp3) is 0.0667. The van der Waals surface area contributed by atoms with Gasteiger partial charge in [-0.15, -0.1) is 11.8 Å². The number of nitro benzene ring substituents is 1. The van der Waals surface area contributed by atoms with Crippen molar-refractivity contribution in [3.63, 3.8) is 0 Å². The van der Waals surface area contributed by atoms with Gasteiger partial charge in [-0.05, 0) is 12.1 Å². The molecule has 2 rings (SSSR count). The van der Waals surface area contributed by atoms with E-state index < -0.39 is 10.9 Å². The van der Waals surface area contributed by atoms with Crippen LogP contribution in [-0.2, 0) is 0 Å². The molecule has 0 aliphatic rings. The second kappa shape index (κ2) is 7.41. The molecule has 8 heteroatoms. The van der Waals surface area contributed by atoms with Crippen molar-refractivity contribution in [3.05, 3.63) is 69.8 Å². The predicted octanol–water partition coefficient (Wildman–Crippen LogP) is 3.26. The lowest BCUT2D eigenvalue weighted by Gasteiger charge is -2.07. The van der Waals surface area contributed by atoms with E-state index in [-0.39, 0.29) is 22.7 Å². The minimum absolute atomic E-state index is 0.111. The van der Waals surface area contributed by atoms with Gasteiger partial charge in [-0.25, -0.2) is 4.79 Å². The van der Waals surface area contributed by atoms with Crippen LogP contribution in [0.2, 0.25) is 0 Å². The van der Waals surface area contributed by atoms with Gasteiger partial charge in [-0.2, -0.15) is 0 Å². The van der Waals surface area contributed by atoms with E-state index in [1.54, 1.807) is 24.3 Å². The minimum Gasteiger partial charge on any atom is -0.478 e. The molecular formula is C15H12N2O5S. The number of rotatable bonds is 6. The molecule has 23 heavy (non-hydrogen) atoms. The lowest BCUT2D eigenvalue weighted by atomic mass is 10.1. The Hall–Kier alpha value is -2.87. The van der Waals surface area contributed by atoms with Crippen LogP contribution < -0.4 is 0 Å². The number of oxime groups is 1. The number of carboxylic acid groups (broad SMARTS) is 1. The maximum atomic E-state index is 11.2. The molecule has 0 heterocycles. The number of aromatic carboxylic acids is 1. The average molecular weight is 332 g/mol. The highest BCUT2D eigenvalue weighted by Crippen LogP contribution is 2.24. The Kier molecular flexibility index (Phi) is 5.32. The van der Waals surface area contributed by atoms with Crippen molar-refractivity contribution in [2.45, 2.75) is 4.90 Å². The van der Waals surface area contributed by atoms with Crippen LogP contribution in [0.5, 0.6) is 0 Å². The summed E-state index contributed by atoms with van der Waals surface area (Å²) in [6.07, 6.45) is 0. The number of nitro groups is 1. The van der Waals surface area contributed by atoms with Crippen molar-refractivity contribution in [2.75, 3.05) is 5.75 Å². The van der Waals surface area contributed by atoms with E-state index in [0.29, 0.717) is 10.5 Å². The number of non-ortho nitro benzene ring substituents is 1. The van der Waals surface area contributed by atoms with Gasteiger partial charge in [0.1, 0.15) is 0 Å². The molecule has 0 amide bonds. The molecule has 0 bridgehead atoms. The van der Waals surface area contributed by atoms with E-state index in [4.69, 9.17) is 10.3 Å². The number of benzene rings is 2. The summed E-state index contributed by atoms with van der Waals surface area (Å²) in [7, 11) is 0. The summed E-state index contributed by atoms with van der Waals surface area (Å²) >= 11 is 1.18. The van der Waals surface area contributed by atoms with Gasteiger partial charge in [0.25, 0.3) is 5.69 Å². The van der Waals surface area contributed by atoms with Crippen LogP contribution in [0.3, 0.4) is 0 Å². The van der Waals surface area contributed by atoms with Gasteiger partial charge in [-0.3, -0.25) is 10.1 Å². The Bertz CT molecular complexity index is 776. The van der Waals surface area contributed by atoms with Gasteiger partial charge >= 0.3 is 5.97 Å². The molecule has 0 aliphatic carbocycles. The highest BCUT2D eigenvalue weighted by Gasteiger charge is 2.14. The maximum absolute atomic E-state index is 11.2. The van der Waals surface area contributed by atoms with Crippen molar-refractivity contribution in [1.29, 1.82) is 0 Å².